The van der Waals surface area contributed by atoms with Gasteiger partial charge in [0, 0.05) is 24.0 Å². The van der Waals surface area contributed by atoms with E-state index in [1.54, 1.807) is 6.20 Å². The van der Waals surface area contributed by atoms with Gasteiger partial charge >= 0.3 is 0 Å². The Kier molecular flexibility index (Phi) is 4.58. The third kappa shape index (κ3) is 3.29. The number of aromatic nitrogens is 3. The van der Waals surface area contributed by atoms with Crippen LogP contribution in [-0.4, -0.2) is 52.3 Å². The molecule has 0 aliphatic heterocycles. The third-order valence-corrected chi connectivity index (χ3v) is 4.79. The first-order valence-electron chi connectivity index (χ1n) is 8.68. The fourth-order valence-electron chi connectivity index (χ4n) is 3.22. The second kappa shape index (κ2) is 6.51. The zero-order chi connectivity index (χ0) is 17.4. The van der Waals surface area contributed by atoms with E-state index in [1.165, 1.54) is 12.8 Å². The maximum Gasteiger partial charge on any atom is 0.253 e. The standard InChI is InChI=1S/C18H27N5O/c1-11(2)23-17-14(9-20-23)8-15(12(3)21-17)18(24)19-10-16(22(4)5)13-6-7-13/h8-9,11,13,16H,6-7,10H2,1-5H3,(H,19,24). The smallest absolute Gasteiger partial charge is 0.253 e. The van der Waals surface area contributed by atoms with Gasteiger partial charge in [-0.1, -0.05) is 0 Å². The Balaban J connectivity index is 1.78. The highest BCUT2D eigenvalue weighted by Gasteiger charge is 2.32. The van der Waals surface area contributed by atoms with Crippen LogP contribution >= 0.6 is 0 Å². The van der Waals surface area contributed by atoms with Crippen molar-refractivity contribution in [2.45, 2.75) is 45.7 Å². The normalized spacial score (nSPS) is 16.1. The molecule has 3 rings (SSSR count). The van der Waals surface area contributed by atoms with Crippen LogP contribution in [0.5, 0.6) is 0 Å². The molecule has 1 atom stereocenters. The molecule has 24 heavy (non-hydrogen) atoms. The highest BCUT2D eigenvalue weighted by Crippen LogP contribution is 2.34. The van der Waals surface area contributed by atoms with Gasteiger partial charge in [0.05, 0.1) is 17.5 Å². The van der Waals surface area contributed by atoms with Crippen molar-refractivity contribution in [3.05, 3.63) is 23.5 Å². The molecular formula is C18H27N5O. The molecule has 1 N–H and O–H groups in total. The number of nitrogens with one attached hydrogen (secondary N) is 1. The second-order valence-corrected chi connectivity index (χ2v) is 7.30. The molecule has 1 amide bonds. The van der Waals surface area contributed by atoms with Crippen molar-refractivity contribution in [2.75, 3.05) is 20.6 Å². The zero-order valence-electron chi connectivity index (χ0n) is 15.2. The molecule has 2 aromatic heterocycles. The number of pyridine rings is 1. The zero-order valence-corrected chi connectivity index (χ0v) is 15.2. The summed E-state index contributed by atoms with van der Waals surface area (Å²) in [7, 11) is 4.16. The topological polar surface area (TPSA) is 63.1 Å². The fourth-order valence-corrected chi connectivity index (χ4v) is 3.22. The van der Waals surface area contributed by atoms with Crippen molar-refractivity contribution in [3.63, 3.8) is 0 Å². The van der Waals surface area contributed by atoms with Gasteiger partial charge in [-0.05, 0) is 59.7 Å². The minimum absolute atomic E-state index is 0.0494. The number of carbonyl (C=O) groups excluding carboxylic acids is 1. The minimum atomic E-state index is -0.0494. The van der Waals surface area contributed by atoms with Crippen LogP contribution in [0.3, 0.4) is 0 Å². The first kappa shape index (κ1) is 16.9. The lowest BCUT2D eigenvalue weighted by atomic mass is 10.1. The van der Waals surface area contributed by atoms with Gasteiger partial charge in [-0.25, -0.2) is 9.67 Å². The Bertz CT molecular complexity index is 743. The van der Waals surface area contributed by atoms with Crippen molar-refractivity contribution < 1.29 is 4.79 Å². The summed E-state index contributed by atoms with van der Waals surface area (Å²) in [5.74, 6) is 0.665. The van der Waals surface area contributed by atoms with Gasteiger partial charge in [0.15, 0.2) is 5.65 Å². The summed E-state index contributed by atoms with van der Waals surface area (Å²) in [6.45, 7) is 6.71. The first-order chi connectivity index (χ1) is 11.4. The number of nitrogens with zero attached hydrogens (tertiary/aromatic N) is 4. The molecule has 130 valence electrons. The van der Waals surface area contributed by atoms with Crippen LogP contribution in [0.25, 0.3) is 11.0 Å². The van der Waals surface area contributed by atoms with E-state index in [9.17, 15) is 4.79 Å². The quantitative estimate of drug-likeness (QED) is 0.884. The molecule has 2 aromatic rings. The Labute approximate surface area is 143 Å². The number of likely N-dealkylation sites (N-methyl/N-ethyl adjacent to an activating group) is 1. The second-order valence-electron chi connectivity index (χ2n) is 7.30. The number of fused-ring (bicyclic) bond motifs is 1. The van der Waals surface area contributed by atoms with E-state index in [0.717, 1.165) is 16.7 Å². The predicted octanol–water partition coefficient (Wildman–Crippen LogP) is 2.39. The molecule has 1 fully saturated rings. The molecule has 0 bridgehead atoms. The molecule has 1 aliphatic carbocycles. The maximum absolute atomic E-state index is 12.6. The summed E-state index contributed by atoms with van der Waals surface area (Å²) in [4.78, 5) is 19.4. The molecule has 6 heteroatoms. The molecule has 0 spiro atoms. The molecule has 1 saturated carbocycles. The average molecular weight is 329 g/mol. The Morgan fingerprint density at radius 3 is 2.71 bits per heavy atom. The van der Waals surface area contributed by atoms with E-state index in [2.05, 4.69) is 48.2 Å². The summed E-state index contributed by atoms with van der Waals surface area (Å²) in [5.41, 5.74) is 2.22. The lowest BCUT2D eigenvalue weighted by Crippen LogP contribution is -2.41. The Morgan fingerprint density at radius 2 is 2.12 bits per heavy atom. The van der Waals surface area contributed by atoms with Gasteiger partial charge in [-0.3, -0.25) is 4.79 Å². The van der Waals surface area contributed by atoms with Gasteiger partial charge in [-0.2, -0.15) is 5.10 Å². The first-order valence-corrected chi connectivity index (χ1v) is 8.68. The van der Waals surface area contributed by atoms with Gasteiger partial charge in [-0.15, -0.1) is 0 Å². The van der Waals surface area contributed by atoms with Crippen molar-refractivity contribution in [1.29, 1.82) is 0 Å². The molecule has 0 aromatic carbocycles. The predicted molar refractivity (Wildman–Crippen MR) is 95.2 cm³/mol. The number of hydrogen-bond donors (Lipinski definition) is 1. The number of amides is 1. The van der Waals surface area contributed by atoms with Gasteiger partial charge in [0.2, 0.25) is 0 Å². The number of carbonyl (C=O) groups is 1. The van der Waals surface area contributed by atoms with Crippen molar-refractivity contribution in [2.24, 2.45) is 5.92 Å². The van der Waals surface area contributed by atoms with E-state index in [4.69, 9.17) is 0 Å². The summed E-state index contributed by atoms with van der Waals surface area (Å²) in [6.07, 6.45) is 4.31. The van der Waals surface area contributed by atoms with Crippen LogP contribution in [0, 0.1) is 12.8 Å². The molecule has 2 heterocycles. The van der Waals surface area contributed by atoms with Crippen LogP contribution < -0.4 is 5.32 Å². The van der Waals surface area contributed by atoms with E-state index in [1.807, 2.05) is 17.7 Å². The lowest BCUT2D eigenvalue weighted by Gasteiger charge is -2.24. The number of aryl methyl sites for hydroxylation is 1. The van der Waals surface area contributed by atoms with Crippen molar-refractivity contribution in [3.8, 4) is 0 Å². The summed E-state index contributed by atoms with van der Waals surface area (Å²) < 4.78 is 1.89. The van der Waals surface area contributed by atoms with E-state index in [0.29, 0.717) is 24.1 Å². The van der Waals surface area contributed by atoms with E-state index < -0.39 is 0 Å². The lowest BCUT2D eigenvalue weighted by molar-refractivity contribution is 0.0938. The van der Waals surface area contributed by atoms with Gasteiger partial charge < -0.3 is 10.2 Å². The van der Waals surface area contributed by atoms with Crippen LogP contribution in [0.1, 0.15) is 48.8 Å². The number of rotatable bonds is 6. The van der Waals surface area contributed by atoms with Crippen LogP contribution in [0.4, 0.5) is 0 Å². The summed E-state index contributed by atoms with van der Waals surface area (Å²) >= 11 is 0. The SMILES string of the molecule is Cc1nc2c(cnn2C(C)C)cc1C(=O)NCC(C1CC1)N(C)C. The van der Waals surface area contributed by atoms with Gasteiger partial charge in [0.1, 0.15) is 0 Å². The molecule has 0 radical (unpaired) electrons. The molecule has 1 unspecified atom stereocenters. The number of hydrogen-bond acceptors (Lipinski definition) is 4. The Hall–Kier alpha value is -1.95. The average Bonchev–Trinajstić information content (AvgIpc) is 3.25. The van der Waals surface area contributed by atoms with E-state index in [-0.39, 0.29) is 11.9 Å². The largest absolute Gasteiger partial charge is 0.350 e. The van der Waals surface area contributed by atoms with Crippen molar-refractivity contribution >= 4 is 16.9 Å². The molecular weight excluding hydrogens is 302 g/mol. The van der Waals surface area contributed by atoms with Crippen LogP contribution in [0.2, 0.25) is 0 Å². The molecule has 0 saturated heterocycles. The minimum Gasteiger partial charge on any atom is -0.350 e. The van der Waals surface area contributed by atoms with Crippen LogP contribution in [-0.2, 0) is 0 Å². The maximum atomic E-state index is 12.6. The van der Waals surface area contributed by atoms with Crippen molar-refractivity contribution in [1.82, 2.24) is 25.0 Å². The third-order valence-electron chi connectivity index (χ3n) is 4.79. The Morgan fingerprint density at radius 1 is 1.42 bits per heavy atom. The highest BCUT2D eigenvalue weighted by atomic mass is 16.1. The van der Waals surface area contributed by atoms with E-state index >= 15 is 0 Å². The van der Waals surface area contributed by atoms with Gasteiger partial charge in [0.25, 0.3) is 5.91 Å². The van der Waals surface area contributed by atoms with Crippen LogP contribution in [0.15, 0.2) is 12.3 Å². The molecule has 1 aliphatic rings. The molecule has 6 nitrogen and oxygen atoms in total. The fraction of sp³-hybridized carbons (Fsp3) is 0.611. The monoisotopic (exact) mass is 329 g/mol. The highest BCUT2D eigenvalue weighted by molar-refractivity contribution is 5.98. The summed E-state index contributed by atoms with van der Waals surface area (Å²) in [6, 6.07) is 2.56. The summed E-state index contributed by atoms with van der Waals surface area (Å²) in [5, 5.41) is 8.38.